The van der Waals surface area contributed by atoms with Crippen molar-refractivity contribution >= 4 is 21.6 Å². The molecular weight excluding hydrogens is 352 g/mol. The zero-order chi connectivity index (χ0) is 18.9. The van der Waals surface area contributed by atoms with Crippen LogP contribution in [0.25, 0.3) is 5.69 Å². The van der Waals surface area contributed by atoms with Crippen LogP contribution in [0.4, 0.5) is 5.69 Å². The number of hydrogen-bond donors (Lipinski definition) is 1. The van der Waals surface area contributed by atoms with Crippen molar-refractivity contribution in [3.05, 3.63) is 42.0 Å². The highest BCUT2D eigenvalue weighted by Crippen LogP contribution is 2.22. The quantitative estimate of drug-likeness (QED) is 0.887. The average molecular weight is 376 g/mol. The van der Waals surface area contributed by atoms with E-state index in [-0.39, 0.29) is 5.91 Å². The molecular formula is C18H24N4O3S. The molecule has 0 spiro atoms. The Morgan fingerprint density at radius 3 is 2.46 bits per heavy atom. The number of carbonyl (C=O) groups excluding carboxylic acids is 1. The monoisotopic (exact) mass is 376 g/mol. The topological polar surface area (TPSA) is 84.3 Å². The Kier molecular flexibility index (Phi) is 5.15. The lowest BCUT2D eigenvalue weighted by Crippen LogP contribution is -2.49. The van der Waals surface area contributed by atoms with E-state index in [4.69, 9.17) is 0 Å². The predicted molar refractivity (Wildman–Crippen MR) is 101 cm³/mol. The third-order valence-electron chi connectivity index (χ3n) is 4.85. The molecule has 1 amide bonds. The van der Waals surface area contributed by atoms with Crippen molar-refractivity contribution in [3.8, 4) is 5.69 Å². The highest BCUT2D eigenvalue weighted by atomic mass is 32.2. The first kappa shape index (κ1) is 18.6. The van der Waals surface area contributed by atoms with Gasteiger partial charge in [0.2, 0.25) is 15.9 Å². The van der Waals surface area contributed by atoms with E-state index in [0.717, 1.165) is 36.2 Å². The summed E-state index contributed by atoms with van der Waals surface area (Å²) in [6, 6.07) is 6.79. The molecule has 140 valence electrons. The van der Waals surface area contributed by atoms with Crippen LogP contribution >= 0.6 is 0 Å². The molecule has 0 aliphatic carbocycles. The Labute approximate surface area is 154 Å². The fourth-order valence-corrected chi connectivity index (χ4v) is 4.38. The number of benzene rings is 1. The van der Waals surface area contributed by atoms with Crippen LogP contribution in [0, 0.1) is 13.8 Å². The molecule has 2 aromatic rings. The SMILES string of the molecule is Cc1ncn(-c2ccc(NC(=O)C3CCCCN3S(C)(=O)=O)cc2)c1C. The number of piperidine rings is 1. The molecule has 3 rings (SSSR count). The van der Waals surface area contributed by atoms with Gasteiger partial charge < -0.3 is 9.88 Å². The van der Waals surface area contributed by atoms with Gasteiger partial charge in [-0.1, -0.05) is 6.42 Å². The number of sulfonamides is 1. The minimum atomic E-state index is -3.40. The Balaban J connectivity index is 1.74. The molecule has 1 unspecified atom stereocenters. The molecule has 1 aromatic carbocycles. The lowest BCUT2D eigenvalue weighted by atomic mass is 10.0. The van der Waals surface area contributed by atoms with Gasteiger partial charge in [0, 0.05) is 23.6 Å². The molecule has 1 aliphatic rings. The zero-order valence-corrected chi connectivity index (χ0v) is 16.1. The first-order valence-corrected chi connectivity index (χ1v) is 10.5. The van der Waals surface area contributed by atoms with Gasteiger partial charge in [-0.2, -0.15) is 4.31 Å². The van der Waals surface area contributed by atoms with Crippen LogP contribution in [0.1, 0.15) is 30.7 Å². The van der Waals surface area contributed by atoms with Crippen LogP contribution in [-0.2, 0) is 14.8 Å². The smallest absolute Gasteiger partial charge is 0.242 e. The van der Waals surface area contributed by atoms with Gasteiger partial charge in [-0.05, 0) is 51.0 Å². The van der Waals surface area contributed by atoms with Crippen LogP contribution in [-0.4, -0.2) is 47.0 Å². The number of carbonyl (C=O) groups is 1. The van der Waals surface area contributed by atoms with Crippen molar-refractivity contribution < 1.29 is 13.2 Å². The van der Waals surface area contributed by atoms with Crippen molar-refractivity contribution in [1.29, 1.82) is 0 Å². The maximum absolute atomic E-state index is 12.6. The van der Waals surface area contributed by atoms with E-state index in [1.807, 2.05) is 42.7 Å². The number of aryl methyl sites for hydroxylation is 1. The normalized spacial score (nSPS) is 18.7. The molecule has 0 radical (unpaired) electrons. The molecule has 0 saturated carbocycles. The van der Waals surface area contributed by atoms with E-state index in [1.54, 1.807) is 6.33 Å². The Morgan fingerprint density at radius 1 is 1.19 bits per heavy atom. The third kappa shape index (κ3) is 3.81. The van der Waals surface area contributed by atoms with Crippen molar-refractivity contribution in [3.63, 3.8) is 0 Å². The van der Waals surface area contributed by atoms with Crippen LogP contribution < -0.4 is 5.32 Å². The van der Waals surface area contributed by atoms with E-state index < -0.39 is 16.1 Å². The summed E-state index contributed by atoms with van der Waals surface area (Å²) in [5, 5.41) is 2.84. The average Bonchev–Trinajstić information content (AvgIpc) is 2.94. The van der Waals surface area contributed by atoms with E-state index in [9.17, 15) is 13.2 Å². The Hall–Kier alpha value is -2.19. The Bertz CT molecular complexity index is 903. The second-order valence-corrected chi connectivity index (χ2v) is 8.64. The molecule has 1 aromatic heterocycles. The third-order valence-corrected chi connectivity index (χ3v) is 6.14. The standard InChI is InChI=1S/C18H24N4O3S/c1-13-14(2)21(12-19-13)16-9-7-15(8-10-16)20-18(23)17-6-4-5-11-22(17)26(3,24)25/h7-10,12,17H,4-6,11H2,1-3H3,(H,20,23). The number of nitrogens with one attached hydrogen (secondary N) is 1. The fourth-order valence-electron chi connectivity index (χ4n) is 3.25. The first-order valence-electron chi connectivity index (χ1n) is 8.66. The van der Waals surface area contributed by atoms with E-state index in [1.165, 1.54) is 4.31 Å². The van der Waals surface area contributed by atoms with Crippen LogP contribution in [0.3, 0.4) is 0 Å². The summed E-state index contributed by atoms with van der Waals surface area (Å²) < 4.78 is 27.1. The van der Waals surface area contributed by atoms with E-state index >= 15 is 0 Å². The van der Waals surface area contributed by atoms with Crippen molar-refractivity contribution in [1.82, 2.24) is 13.9 Å². The molecule has 1 fully saturated rings. The number of hydrogen-bond acceptors (Lipinski definition) is 4. The van der Waals surface area contributed by atoms with Crippen molar-refractivity contribution in [2.75, 3.05) is 18.1 Å². The van der Waals surface area contributed by atoms with Crippen LogP contribution in [0.5, 0.6) is 0 Å². The van der Waals surface area contributed by atoms with Gasteiger partial charge >= 0.3 is 0 Å². The molecule has 2 heterocycles. The summed E-state index contributed by atoms with van der Waals surface area (Å²) in [6.45, 7) is 4.36. The molecule has 26 heavy (non-hydrogen) atoms. The number of aromatic nitrogens is 2. The van der Waals surface area contributed by atoms with Crippen molar-refractivity contribution in [2.45, 2.75) is 39.2 Å². The zero-order valence-electron chi connectivity index (χ0n) is 15.3. The lowest BCUT2D eigenvalue weighted by Gasteiger charge is -2.32. The Morgan fingerprint density at radius 2 is 1.88 bits per heavy atom. The van der Waals surface area contributed by atoms with Gasteiger partial charge in [-0.15, -0.1) is 0 Å². The summed E-state index contributed by atoms with van der Waals surface area (Å²) in [5.74, 6) is -0.280. The number of imidazole rings is 1. The number of nitrogens with zero attached hydrogens (tertiary/aromatic N) is 3. The van der Waals surface area contributed by atoms with Gasteiger partial charge in [0.25, 0.3) is 0 Å². The van der Waals surface area contributed by atoms with Crippen LogP contribution in [0.2, 0.25) is 0 Å². The van der Waals surface area contributed by atoms with Crippen LogP contribution in [0.15, 0.2) is 30.6 Å². The summed E-state index contributed by atoms with van der Waals surface area (Å²) >= 11 is 0. The molecule has 1 aliphatic heterocycles. The lowest BCUT2D eigenvalue weighted by molar-refractivity contribution is -0.120. The molecule has 1 saturated heterocycles. The highest BCUT2D eigenvalue weighted by molar-refractivity contribution is 7.88. The summed E-state index contributed by atoms with van der Waals surface area (Å²) in [6.07, 6.45) is 5.11. The molecule has 1 atom stereocenters. The number of anilines is 1. The van der Waals surface area contributed by atoms with Gasteiger partial charge in [-0.3, -0.25) is 4.79 Å². The van der Waals surface area contributed by atoms with Gasteiger partial charge in [0.05, 0.1) is 18.3 Å². The second-order valence-electron chi connectivity index (χ2n) is 6.71. The van der Waals surface area contributed by atoms with Gasteiger partial charge in [0.1, 0.15) is 6.04 Å². The van der Waals surface area contributed by atoms with E-state index in [2.05, 4.69) is 10.3 Å². The number of amides is 1. The predicted octanol–water partition coefficient (Wildman–Crippen LogP) is 2.24. The minimum Gasteiger partial charge on any atom is -0.325 e. The van der Waals surface area contributed by atoms with Gasteiger partial charge in [-0.25, -0.2) is 13.4 Å². The maximum Gasteiger partial charge on any atom is 0.242 e. The maximum atomic E-state index is 12.6. The molecule has 1 N–H and O–H groups in total. The summed E-state index contributed by atoms with van der Waals surface area (Å²) in [5.41, 5.74) is 3.64. The second kappa shape index (κ2) is 7.20. The molecule has 8 heteroatoms. The summed E-state index contributed by atoms with van der Waals surface area (Å²) in [7, 11) is -3.40. The number of rotatable bonds is 4. The summed E-state index contributed by atoms with van der Waals surface area (Å²) in [4.78, 5) is 16.9. The first-order chi connectivity index (χ1) is 12.3. The van der Waals surface area contributed by atoms with E-state index in [0.29, 0.717) is 18.7 Å². The van der Waals surface area contributed by atoms with Crippen molar-refractivity contribution in [2.24, 2.45) is 0 Å². The molecule has 7 nitrogen and oxygen atoms in total. The minimum absolute atomic E-state index is 0.280. The fraction of sp³-hybridized carbons (Fsp3) is 0.444. The highest BCUT2D eigenvalue weighted by Gasteiger charge is 2.34. The largest absolute Gasteiger partial charge is 0.325 e. The van der Waals surface area contributed by atoms with Gasteiger partial charge in [0.15, 0.2) is 0 Å². The molecule has 0 bridgehead atoms.